The second kappa shape index (κ2) is 7.28. The van der Waals surface area contributed by atoms with Crippen molar-refractivity contribution in [3.63, 3.8) is 0 Å². The Bertz CT molecular complexity index is 888. The minimum absolute atomic E-state index is 0.0383. The van der Waals surface area contributed by atoms with Crippen LogP contribution in [0.2, 0.25) is 0 Å². The molecule has 3 rings (SSSR count). The van der Waals surface area contributed by atoms with Crippen LogP contribution in [0.3, 0.4) is 0 Å². The van der Waals surface area contributed by atoms with E-state index in [0.29, 0.717) is 11.4 Å². The summed E-state index contributed by atoms with van der Waals surface area (Å²) in [5.41, 5.74) is 0.395. The van der Waals surface area contributed by atoms with Crippen LogP contribution in [-0.2, 0) is 11.3 Å². The van der Waals surface area contributed by atoms with E-state index in [-0.39, 0.29) is 18.0 Å². The number of hydrogen-bond donors (Lipinski definition) is 1. The van der Waals surface area contributed by atoms with Crippen LogP contribution in [0.4, 0.5) is 5.69 Å². The number of para-hydroxylation sites is 1. The summed E-state index contributed by atoms with van der Waals surface area (Å²) in [4.78, 5) is 23.7. The molecule has 0 saturated heterocycles. The third-order valence-electron chi connectivity index (χ3n) is 3.31. The van der Waals surface area contributed by atoms with Crippen molar-refractivity contribution < 1.29 is 9.53 Å². The fraction of sp³-hybridized carbons (Fsp3) is 0.0526. The first-order valence-corrected chi connectivity index (χ1v) is 7.49. The Morgan fingerprint density at radius 2 is 1.67 bits per heavy atom. The Kier molecular flexibility index (Phi) is 4.72. The standard InChI is InChI=1S/C19H16N2O3/c22-18(14-21-12-5-4-11-19(21)23)20-15-7-6-10-17(13-15)24-16-8-2-1-3-9-16/h1-13H,14H2,(H,20,22). The molecule has 1 N–H and O–H groups in total. The lowest BCUT2D eigenvalue weighted by Gasteiger charge is -2.09. The van der Waals surface area contributed by atoms with Crippen LogP contribution >= 0.6 is 0 Å². The van der Waals surface area contributed by atoms with Gasteiger partial charge in [-0.15, -0.1) is 0 Å². The normalized spacial score (nSPS) is 10.2. The number of carbonyl (C=O) groups excluding carboxylic acids is 1. The van der Waals surface area contributed by atoms with Crippen LogP contribution < -0.4 is 15.6 Å². The molecule has 5 nitrogen and oxygen atoms in total. The van der Waals surface area contributed by atoms with Crippen molar-refractivity contribution in [2.45, 2.75) is 6.54 Å². The number of pyridine rings is 1. The number of ether oxygens (including phenoxy) is 1. The Hall–Kier alpha value is -3.34. The zero-order chi connectivity index (χ0) is 16.8. The van der Waals surface area contributed by atoms with Gasteiger partial charge in [-0.05, 0) is 30.3 Å². The Labute approximate surface area is 139 Å². The van der Waals surface area contributed by atoms with Gasteiger partial charge < -0.3 is 14.6 Å². The van der Waals surface area contributed by atoms with E-state index >= 15 is 0 Å². The number of rotatable bonds is 5. The fourth-order valence-electron chi connectivity index (χ4n) is 2.21. The second-order valence-electron chi connectivity index (χ2n) is 5.16. The average Bonchev–Trinajstić information content (AvgIpc) is 2.58. The summed E-state index contributed by atoms with van der Waals surface area (Å²) in [5, 5.41) is 2.77. The summed E-state index contributed by atoms with van der Waals surface area (Å²) in [7, 11) is 0. The number of benzene rings is 2. The molecule has 120 valence electrons. The average molecular weight is 320 g/mol. The molecule has 5 heteroatoms. The van der Waals surface area contributed by atoms with E-state index in [1.165, 1.54) is 10.6 Å². The summed E-state index contributed by atoms with van der Waals surface area (Å²) < 4.78 is 7.08. The summed E-state index contributed by atoms with van der Waals surface area (Å²) in [6.07, 6.45) is 1.58. The van der Waals surface area contributed by atoms with Crippen molar-refractivity contribution in [2.24, 2.45) is 0 Å². The molecular weight excluding hydrogens is 304 g/mol. The molecule has 24 heavy (non-hydrogen) atoms. The van der Waals surface area contributed by atoms with Gasteiger partial charge in [0, 0.05) is 24.0 Å². The van der Waals surface area contributed by atoms with E-state index in [9.17, 15) is 9.59 Å². The molecule has 0 aliphatic heterocycles. The summed E-state index contributed by atoms with van der Waals surface area (Å²) >= 11 is 0. The maximum Gasteiger partial charge on any atom is 0.250 e. The number of aromatic nitrogens is 1. The van der Waals surface area contributed by atoms with E-state index in [1.807, 2.05) is 36.4 Å². The molecule has 0 fully saturated rings. The topological polar surface area (TPSA) is 60.3 Å². The minimum Gasteiger partial charge on any atom is -0.457 e. The van der Waals surface area contributed by atoms with Gasteiger partial charge in [0.2, 0.25) is 5.91 Å². The number of nitrogens with zero attached hydrogens (tertiary/aromatic N) is 1. The van der Waals surface area contributed by atoms with Crippen LogP contribution in [0.1, 0.15) is 0 Å². The molecule has 0 spiro atoms. The molecule has 0 bridgehead atoms. The van der Waals surface area contributed by atoms with Gasteiger partial charge in [-0.1, -0.05) is 30.3 Å². The Morgan fingerprint density at radius 3 is 2.46 bits per heavy atom. The quantitative estimate of drug-likeness (QED) is 0.785. The Balaban J connectivity index is 1.67. The van der Waals surface area contributed by atoms with Crippen molar-refractivity contribution in [1.29, 1.82) is 0 Å². The second-order valence-corrected chi connectivity index (χ2v) is 5.16. The molecular formula is C19H16N2O3. The first kappa shape index (κ1) is 15.6. The number of amides is 1. The summed E-state index contributed by atoms with van der Waals surface area (Å²) in [6.45, 7) is -0.0383. The molecule has 3 aromatic rings. The predicted octanol–water partition coefficient (Wildman–Crippen LogP) is 3.28. The fourth-order valence-corrected chi connectivity index (χ4v) is 2.21. The molecule has 0 saturated carbocycles. The molecule has 0 atom stereocenters. The zero-order valence-electron chi connectivity index (χ0n) is 12.9. The highest BCUT2D eigenvalue weighted by atomic mass is 16.5. The molecule has 1 amide bonds. The number of hydrogen-bond acceptors (Lipinski definition) is 3. The smallest absolute Gasteiger partial charge is 0.250 e. The van der Waals surface area contributed by atoms with Crippen LogP contribution in [0.15, 0.2) is 83.8 Å². The van der Waals surface area contributed by atoms with Gasteiger partial charge in [0.25, 0.3) is 5.56 Å². The van der Waals surface area contributed by atoms with Crippen LogP contribution in [0.25, 0.3) is 0 Å². The lowest BCUT2D eigenvalue weighted by Crippen LogP contribution is -2.26. The molecule has 0 radical (unpaired) electrons. The van der Waals surface area contributed by atoms with Crippen molar-refractivity contribution in [3.8, 4) is 11.5 Å². The SMILES string of the molecule is O=C(Cn1ccccc1=O)Nc1cccc(Oc2ccccc2)c1. The molecule has 2 aromatic carbocycles. The van der Waals surface area contributed by atoms with Crippen molar-refractivity contribution in [3.05, 3.63) is 89.3 Å². The highest BCUT2D eigenvalue weighted by molar-refractivity contribution is 5.90. The van der Waals surface area contributed by atoms with E-state index in [0.717, 1.165) is 5.75 Å². The van der Waals surface area contributed by atoms with E-state index in [4.69, 9.17) is 4.74 Å². The third-order valence-corrected chi connectivity index (χ3v) is 3.31. The first-order chi connectivity index (χ1) is 11.7. The largest absolute Gasteiger partial charge is 0.457 e. The maximum atomic E-state index is 12.1. The number of carbonyl (C=O) groups is 1. The van der Waals surface area contributed by atoms with Crippen LogP contribution in [0, 0.1) is 0 Å². The lowest BCUT2D eigenvalue weighted by atomic mass is 10.3. The van der Waals surface area contributed by atoms with Gasteiger partial charge in [-0.3, -0.25) is 9.59 Å². The molecule has 0 unspecified atom stereocenters. The van der Waals surface area contributed by atoms with Crippen molar-refractivity contribution in [2.75, 3.05) is 5.32 Å². The molecule has 0 aliphatic carbocycles. The summed E-state index contributed by atoms with van der Waals surface area (Å²) in [6, 6.07) is 21.3. The third kappa shape index (κ3) is 4.10. The van der Waals surface area contributed by atoms with Gasteiger partial charge in [-0.25, -0.2) is 0 Å². The van der Waals surface area contributed by atoms with Gasteiger partial charge >= 0.3 is 0 Å². The summed E-state index contributed by atoms with van der Waals surface area (Å²) in [5.74, 6) is 1.06. The maximum absolute atomic E-state index is 12.1. The van der Waals surface area contributed by atoms with E-state index < -0.39 is 0 Å². The zero-order valence-corrected chi connectivity index (χ0v) is 12.9. The Morgan fingerprint density at radius 1 is 0.917 bits per heavy atom. The highest BCUT2D eigenvalue weighted by Crippen LogP contribution is 2.23. The molecule has 1 aromatic heterocycles. The number of nitrogens with one attached hydrogen (secondary N) is 1. The van der Waals surface area contributed by atoms with Crippen LogP contribution in [-0.4, -0.2) is 10.5 Å². The number of anilines is 1. The first-order valence-electron chi connectivity index (χ1n) is 7.49. The molecule has 0 aliphatic rings. The van der Waals surface area contributed by atoms with Crippen molar-refractivity contribution in [1.82, 2.24) is 4.57 Å². The highest BCUT2D eigenvalue weighted by Gasteiger charge is 2.06. The lowest BCUT2D eigenvalue weighted by molar-refractivity contribution is -0.116. The molecule has 1 heterocycles. The minimum atomic E-state index is -0.278. The van der Waals surface area contributed by atoms with Gasteiger partial charge in [0.1, 0.15) is 18.0 Å². The van der Waals surface area contributed by atoms with Crippen LogP contribution in [0.5, 0.6) is 11.5 Å². The van der Waals surface area contributed by atoms with E-state index in [2.05, 4.69) is 5.32 Å². The van der Waals surface area contributed by atoms with Gasteiger partial charge in [-0.2, -0.15) is 0 Å². The van der Waals surface area contributed by atoms with Gasteiger partial charge in [0.15, 0.2) is 0 Å². The van der Waals surface area contributed by atoms with Gasteiger partial charge in [0.05, 0.1) is 0 Å². The van der Waals surface area contributed by atoms with E-state index in [1.54, 1.807) is 36.5 Å². The van der Waals surface area contributed by atoms with Crippen molar-refractivity contribution >= 4 is 11.6 Å². The monoisotopic (exact) mass is 320 g/mol. The predicted molar refractivity (Wildman–Crippen MR) is 92.3 cm³/mol.